The Labute approximate surface area is 109 Å². The number of carbonyl (C=O) groups excluding carboxylic acids is 1. The molecule has 94 valence electrons. The minimum Gasteiger partial charge on any atom is -0.465 e. The van der Waals surface area contributed by atoms with Crippen LogP contribution >= 0.6 is 11.6 Å². The third-order valence-electron chi connectivity index (χ3n) is 2.43. The van der Waals surface area contributed by atoms with E-state index >= 15 is 0 Å². The van der Waals surface area contributed by atoms with Gasteiger partial charge in [-0.1, -0.05) is 0 Å². The van der Waals surface area contributed by atoms with Crippen molar-refractivity contribution in [2.24, 2.45) is 7.05 Å². The Kier molecular flexibility index (Phi) is 3.29. The van der Waals surface area contributed by atoms with Crippen molar-refractivity contribution < 1.29 is 9.53 Å². The van der Waals surface area contributed by atoms with E-state index in [4.69, 9.17) is 16.3 Å². The Morgan fingerprint density at radius 1 is 1.44 bits per heavy atom. The summed E-state index contributed by atoms with van der Waals surface area (Å²) in [4.78, 5) is 19.8. The van der Waals surface area contributed by atoms with Gasteiger partial charge in [0.25, 0.3) is 0 Å². The summed E-state index contributed by atoms with van der Waals surface area (Å²) in [5, 5.41) is 4.12. The second-order valence-corrected chi connectivity index (χ2v) is 4.03. The fraction of sp³-hybridized carbons (Fsp3) is 0.273. The molecule has 0 bridgehead atoms. The third kappa shape index (κ3) is 2.19. The van der Waals surface area contributed by atoms with E-state index in [-0.39, 0.29) is 5.28 Å². The lowest BCUT2D eigenvalue weighted by molar-refractivity contribution is 0.0600. The van der Waals surface area contributed by atoms with E-state index in [9.17, 15) is 4.79 Å². The van der Waals surface area contributed by atoms with Gasteiger partial charge < -0.3 is 4.74 Å². The van der Waals surface area contributed by atoms with E-state index in [0.717, 1.165) is 0 Å². The molecule has 0 saturated carbocycles. The Morgan fingerprint density at radius 2 is 2.17 bits per heavy atom. The van der Waals surface area contributed by atoms with Crippen molar-refractivity contribution in [3.05, 3.63) is 28.9 Å². The minimum atomic E-state index is -0.497. The van der Waals surface area contributed by atoms with Crippen molar-refractivity contribution in [1.82, 2.24) is 19.7 Å². The number of carbonyl (C=O) groups is 1. The first kappa shape index (κ1) is 12.5. The summed E-state index contributed by atoms with van der Waals surface area (Å²) < 4.78 is 6.35. The molecule has 18 heavy (non-hydrogen) atoms. The molecule has 0 aromatic carbocycles. The summed E-state index contributed by atoms with van der Waals surface area (Å²) in [5.41, 5.74) is 1.88. The monoisotopic (exact) mass is 266 g/mol. The van der Waals surface area contributed by atoms with Crippen molar-refractivity contribution in [1.29, 1.82) is 0 Å². The molecule has 2 aromatic rings. The summed E-state index contributed by atoms with van der Waals surface area (Å²) in [7, 11) is 3.08. The Bertz CT molecular complexity index is 609. The molecule has 0 amide bonds. The van der Waals surface area contributed by atoms with Crippen LogP contribution in [0, 0.1) is 6.92 Å². The second kappa shape index (κ2) is 4.73. The van der Waals surface area contributed by atoms with Crippen LogP contribution in [0.1, 0.15) is 16.1 Å². The molecule has 0 aliphatic rings. The molecule has 0 aliphatic heterocycles. The zero-order valence-electron chi connectivity index (χ0n) is 10.1. The number of methoxy groups -OCH3 is 1. The van der Waals surface area contributed by atoms with Gasteiger partial charge in [0.1, 0.15) is 5.56 Å². The molecule has 2 heterocycles. The van der Waals surface area contributed by atoms with Gasteiger partial charge in [-0.2, -0.15) is 5.10 Å². The fourth-order valence-electron chi connectivity index (χ4n) is 1.64. The standard InChI is InChI=1S/C11H11ClN4O2/c1-6-8(10(17)18-3)9(15-11(12)14-6)7-4-13-16(2)5-7/h4-5H,1-3H3. The van der Waals surface area contributed by atoms with Crippen molar-refractivity contribution in [2.45, 2.75) is 6.92 Å². The molecule has 0 fully saturated rings. The highest BCUT2D eigenvalue weighted by Gasteiger charge is 2.20. The predicted octanol–water partition coefficient (Wildman–Crippen LogP) is 1.63. The van der Waals surface area contributed by atoms with Gasteiger partial charge in [0, 0.05) is 18.8 Å². The molecule has 0 aliphatic carbocycles. The van der Waals surface area contributed by atoms with E-state index in [0.29, 0.717) is 22.5 Å². The number of hydrogen-bond acceptors (Lipinski definition) is 5. The van der Waals surface area contributed by atoms with Crippen LogP contribution in [0.4, 0.5) is 0 Å². The molecular weight excluding hydrogens is 256 g/mol. The maximum absolute atomic E-state index is 11.8. The topological polar surface area (TPSA) is 69.9 Å². The van der Waals surface area contributed by atoms with Crippen LogP contribution in [0.15, 0.2) is 12.4 Å². The van der Waals surface area contributed by atoms with Gasteiger partial charge >= 0.3 is 5.97 Å². The predicted molar refractivity (Wildman–Crippen MR) is 65.3 cm³/mol. The SMILES string of the molecule is COC(=O)c1c(C)nc(Cl)nc1-c1cnn(C)c1. The summed E-state index contributed by atoms with van der Waals surface area (Å²) in [6.07, 6.45) is 3.34. The zero-order valence-corrected chi connectivity index (χ0v) is 10.9. The Balaban J connectivity index is 2.68. The highest BCUT2D eigenvalue weighted by atomic mass is 35.5. The van der Waals surface area contributed by atoms with Crippen LogP contribution < -0.4 is 0 Å². The number of ether oxygens (including phenoxy) is 1. The van der Waals surface area contributed by atoms with Crippen molar-refractivity contribution >= 4 is 17.6 Å². The van der Waals surface area contributed by atoms with E-state index in [1.165, 1.54) is 7.11 Å². The summed E-state index contributed by atoms with van der Waals surface area (Å²) in [6, 6.07) is 0. The van der Waals surface area contributed by atoms with Gasteiger partial charge in [-0.05, 0) is 18.5 Å². The van der Waals surface area contributed by atoms with Crippen molar-refractivity contribution in [2.75, 3.05) is 7.11 Å². The van der Waals surface area contributed by atoms with Crippen molar-refractivity contribution in [3.63, 3.8) is 0 Å². The quantitative estimate of drug-likeness (QED) is 0.610. The molecule has 2 aromatic heterocycles. The van der Waals surface area contributed by atoms with E-state index in [1.54, 1.807) is 31.0 Å². The lowest BCUT2D eigenvalue weighted by Gasteiger charge is -2.08. The number of hydrogen-bond donors (Lipinski definition) is 0. The molecule has 0 unspecified atom stereocenters. The van der Waals surface area contributed by atoms with Crippen LogP contribution in [0.25, 0.3) is 11.3 Å². The molecule has 6 nitrogen and oxygen atoms in total. The molecule has 2 rings (SSSR count). The molecule has 0 saturated heterocycles. The van der Waals surface area contributed by atoms with Crippen molar-refractivity contribution in [3.8, 4) is 11.3 Å². The van der Waals surface area contributed by atoms with Crippen LogP contribution in [-0.2, 0) is 11.8 Å². The number of aryl methyl sites for hydroxylation is 2. The number of halogens is 1. The summed E-state index contributed by atoms with van der Waals surface area (Å²) in [6.45, 7) is 1.68. The molecule has 0 atom stereocenters. The van der Waals surface area contributed by atoms with E-state index < -0.39 is 5.97 Å². The first-order chi connectivity index (χ1) is 8.52. The first-order valence-corrected chi connectivity index (χ1v) is 5.52. The average molecular weight is 267 g/mol. The Morgan fingerprint density at radius 3 is 2.72 bits per heavy atom. The zero-order chi connectivity index (χ0) is 13.3. The molecule has 7 heteroatoms. The lowest BCUT2D eigenvalue weighted by Crippen LogP contribution is -2.09. The smallest absolute Gasteiger partial charge is 0.341 e. The minimum absolute atomic E-state index is 0.0824. The van der Waals surface area contributed by atoms with E-state index in [2.05, 4.69) is 15.1 Å². The highest BCUT2D eigenvalue weighted by Crippen LogP contribution is 2.25. The maximum Gasteiger partial charge on any atom is 0.341 e. The maximum atomic E-state index is 11.8. The Hall–Kier alpha value is -1.95. The largest absolute Gasteiger partial charge is 0.465 e. The lowest BCUT2D eigenvalue weighted by atomic mass is 10.1. The van der Waals surface area contributed by atoms with Gasteiger partial charge in [-0.25, -0.2) is 14.8 Å². The highest BCUT2D eigenvalue weighted by molar-refractivity contribution is 6.28. The molecule has 0 N–H and O–H groups in total. The number of rotatable bonds is 2. The number of nitrogens with zero attached hydrogens (tertiary/aromatic N) is 4. The van der Waals surface area contributed by atoms with Crippen LogP contribution in [-0.4, -0.2) is 32.8 Å². The van der Waals surface area contributed by atoms with Gasteiger partial charge in [-0.3, -0.25) is 4.68 Å². The molecule has 0 radical (unpaired) electrons. The van der Waals surface area contributed by atoms with Gasteiger partial charge in [-0.15, -0.1) is 0 Å². The van der Waals surface area contributed by atoms with Crippen LogP contribution in [0.5, 0.6) is 0 Å². The summed E-state index contributed by atoms with van der Waals surface area (Å²) >= 11 is 5.83. The van der Waals surface area contributed by atoms with E-state index in [1.807, 2.05) is 0 Å². The van der Waals surface area contributed by atoms with Gasteiger partial charge in [0.05, 0.1) is 24.7 Å². The number of esters is 1. The van der Waals surface area contributed by atoms with Gasteiger partial charge in [0.15, 0.2) is 0 Å². The number of aromatic nitrogens is 4. The normalized spacial score (nSPS) is 10.4. The fourth-order valence-corrected chi connectivity index (χ4v) is 1.85. The summed E-state index contributed by atoms with van der Waals surface area (Å²) in [5.74, 6) is -0.497. The average Bonchev–Trinajstić information content (AvgIpc) is 2.74. The van der Waals surface area contributed by atoms with Gasteiger partial charge in [0.2, 0.25) is 5.28 Å². The first-order valence-electron chi connectivity index (χ1n) is 5.14. The third-order valence-corrected chi connectivity index (χ3v) is 2.60. The molecular formula is C11H11ClN4O2. The molecule has 0 spiro atoms. The van der Waals surface area contributed by atoms with Crippen LogP contribution in [0.3, 0.4) is 0 Å². The second-order valence-electron chi connectivity index (χ2n) is 3.70. The van der Waals surface area contributed by atoms with Crippen LogP contribution in [0.2, 0.25) is 5.28 Å².